The van der Waals surface area contributed by atoms with Crippen LogP contribution in [0.3, 0.4) is 0 Å². The minimum absolute atomic E-state index is 0.0114. The lowest BCUT2D eigenvalue weighted by Gasteiger charge is -2.15. The molecule has 11 nitrogen and oxygen atoms in total. The average Bonchev–Trinajstić information content (AvgIpc) is 3.14. The fraction of sp³-hybridized carbons (Fsp3) is 0.333. The van der Waals surface area contributed by atoms with Gasteiger partial charge in [-0.3, -0.25) is 14.9 Å². The first-order chi connectivity index (χ1) is 17.3. The van der Waals surface area contributed by atoms with Crippen LogP contribution in [0.2, 0.25) is 0 Å². The second-order valence-corrected chi connectivity index (χ2v) is 10.8. The summed E-state index contributed by atoms with van der Waals surface area (Å²) in [6.07, 6.45) is 0. The fourth-order valence-corrected chi connectivity index (χ4v) is 4.63. The summed E-state index contributed by atoms with van der Waals surface area (Å²) in [6.45, 7) is 8.83. The van der Waals surface area contributed by atoms with Gasteiger partial charge in [-0.05, 0) is 57.0 Å². The van der Waals surface area contributed by atoms with Crippen molar-refractivity contribution in [2.24, 2.45) is 5.92 Å². The third-order valence-electron chi connectivity index (χ3n) is 5.09. The second kappa shape index (κ2) is 11.0. The molecule has 0 radical (unpaired) electrons. The van der Waals surface area contributed by atoms with Gasteiger partial charge >= 0.3 is 0 Å². The highest BCUT2D eigenvalue weighted by atomic mass is 32.2. The number of halogens is 1. The maximum Gasteiger partial charge on any atom is 0.272 e. The zero-order valence-electron chi connectivity index (χ0n) is 21.0. The van der Waals surface area contributed by atoms with Crippen molar-refractivity contribution >= 4 is 21.6 Å². The van der Waals surface area contributed by atoms with Crippen molar-refractivity contribution in [3.63, 3.8) is 0 Å². The molecule has 0 bridgehead atoms. The minimum Gasteiger partial charge on any atom is -0.437 e. The molecular weight excluding hydrogens is 505 g/mol. The normalized spacial score (nSPS) is 11.7. The van der Waals surface area contributed by atoms with Crippen LogP contribution >= 0.6 is 0 Å². The van der Waals surface area contributed by atoms with Crippen molar-refractivity contribution in [2.45, 2.75) is 45.6 Å². The van der Waals surface area contributed by atoms with Crippen LogP contribution in [-0.2, 0) is 10.0 Å². The quantitative estimate of drug-likeness (QED) is 0.295. The Morgan fingerprint density at radius 3 is 2.38 bits per heavy atom. The Labute approximate surface area is 213 Å². The van der Waals surface area contributed by atoms with E-state index >= 15 is 0 Å². The number of nitro benzene ring substituents is 1. The number of hydrogen-bond acceptors (Lipinski definition) is 7. The van der Waals surface area contributed by atoms with Gasteiger partial charge < -0.3 is 10.1 Å². The topological polar surface area (TPSA) is 145 Å². The minimum atomic E-state index is -4.22. The number of carbonyl (C=O) groups is 1. The van der Waals surface area contributed by atoms with Gasteiger partial charge in [-0.1, -0.05) is 13.8 Å². The van der Waals surface area contributed by atoms with Crippen molar-refractivity contribution in [1.82, 2.24) is 19.8 Å². The number of nitrogens with one attached hydrogen (secondary N) is 2. The first kappa shape index (κ1) is 27.7. The van der Waals surface area contributed by atoms with E-state index in [4.69, 9.17) is 4.74 Å². The maximum atomic E-state index is 13.6. The van der Waals surface area contributed by atoms with Crippen molar-refractivity contribution in [3.05, 3.63) is 69.7 Å². The van der Waals surface area contributed by atoms with Gasteiger partial charge in [-0.25, -0.2) is 17.5 Å². The van der Waals surface area contributed by atoms with Gasteiger partial charge in [0, 0.05) is 30.3 Å². The van der Waals surface area contributed by atoms with E-state index in [0.29, 0.717) is 5.69 Å². The number of hydrogen-bond donors (Lipinski definition) is 2. The first-order valence-corrected chi connectivity index (χ1v) is 12.9. The number of rotatable bonds is 10. The van der Waals surface area contributed by atoms with Crippen LogP contribution in [-0.4, -0.2) is 41.6 Å². The highest BCUT2D eigenvalue weighted by Crippen LogP contribution is 2.35. The van der Waals surface area contributed by atoms with E-state index in [-0.39, 0.29) is 41.4 Å². The Morgan fingerprint density at radius 2 is 1.81 bits per heavy atom. The highest BCUT2D eigenvalue weighted by Gasteiger charge is 2.28. The van der Waals surface area contributed by atoms with Crippen LogP contribution < -0.4 is 14.8 Å². The molecule has 0 fully saturated rings. The lowest BCUT2D eigenvalue weighted by atomic mass is 10.2. The Hall–Kier alpha value is -3.84. The number of nitrogens with zero attached hydrogens (tertiary/aromatic N) is 3. The maximum absolute atomic E-state index is 13.6. The molecule has 0 spiro atoms. The monoisotopic (exact) mass is 533 g/mol. The van der Waals surface area contributed by atoms with E-state index in [0.717, 1.165) is 18.2 Å². The molecule has 0 saturated carbocycles. The molecule has 2 N–H and O–H groups in total. The number of ether oxygens (including phenoxy) is 1. The van der Waals surface area contributed by atoms with Gasteiger partial charge in [-0.15, -0.1) is 0 Å². The molecule has 1 heterocycles. The molecule has 198 valence electrons. The molecule has 2 aromatic carbocycles. The summed E-state index contributed by atoms with van der Waals surface area (Å²) in [5.74, 6) is -1.25. The summed E-state index contributed by atoms with van der Waals surface area (Å²) in [5.41, 5.74) is 0.182. The Balaban J connectivity index is 2.19. The Bertz CT molecular complexity index is 1420. The molecule has 37 heavy (non-hydrogen) atoms. The molecule has 1 amide bonds. The number of benzene rings is 2. The van der Waals surface area contributed by atoms with Crippen molar-refractivity contribution in [1.29, 1.82) is 0 Å². The molecule has 0 atom stereocenters. The van der Waals surface area contributed by atoms with E-state index < -0.39 is 37.3 Å². The lowest BCUT2D eigenvalue weighted by molar-refractivity contribution is -0.385. The summed E-state index contributed by atoms with van der Waals surface area (Å²) < 4.78 is 49.4. The van der Waals surface area contributed by atoms with Crippen molar-refractivity contribution in [2.75, 3.05) is 6.54 Å². The van der Waals surface area contributed by atoms with Gasteiger partial charge in [0.05, 0.1) is 10.6 Å². The number of nitro groups is 1. The van der Waals surface area contributed by atoms with E-state index in [2.05, 4.69) is 15.1 Å². The summed E-state index contributed by atoms with van der Waals surface area (Å²) in [6, 6.07) is 8.20. The predicted molar refractivity (Wildman–Crippen MR) is 134 cm³/mol. The van der Waals surface area contributed by atoms with Crippen LogP contribution in [0.5, 0.6) is 11.6 Å². The Morgan fingerprint density at radius 1 is 1.16 bits per heavy atom. The standard InChI is InChI=1S/C24H28FN5O6S/c1-14(2)13-26-37(34,35)21-12-19(30(32)33)10-11-20(21)36-24-16(5)22(23(31)27-15(3)4)28-29(24)18-8-6-17(25)7-9-18/h6-12,14-15,26H,13H2,1-5H3,(H,27,31). The van der Waals surface area contributed by atoms with Gasteiger partial charge in [-0.2, -0.15) is 9.78 Å². The van der Waals surface area contributed by atoms with E-state index in [9.17, 15) is 27.7 Å². The highest BCUT2D eigenvalue weighted by molar-refractivity contribution is 7.89. The van der Waals surface area contributed by atoms with Crippen LogP contribution in [0.4, 0.5) is 10.1 Å². The summed E-state index contributed by atoms with van der Waals surface area (Å²) in [5, 5.41) is 18.4. The number of amides is 1. The molecule has 1 aromatic heterocycles. The Kier molecular flexibility index (Phi) is 8.28. The number of aromatic nitrogens is 2. The third-order valence-corrected chi connectivity index (χ3v) is 6.54. The lowest BCUT2D eigenvalue weighted by Crippen LogP contribution is -2.31. The summed E-state index contributed by atoms with van der Waals surface area (Å²) in [4.78, 5) is 23.0. The first-order valence-electron chi connectivity index (χ1n) is 11.4. The van der Waals surface area contributed by atoms with Gasteiger partial charge in [0.15, 0.2) is 5.69 Å². The van der Waals surface area contributed by atoms with Crippen LogP contribution in [0.15, 0.2) is 47.4 Å². The molecular formula is C24H28FN5O6S. The van der Waals surface area contributed by atoms with Gasteiger partial charge in [0.25, 0.3) is 11.6 Å². The number of carbonyl (C=O) groups excluding carboxylic acids is 1. The summed E-state index contributed by atoms with van der Waals surface area (Å²) >= 11 is 0. The summed E-state index contributed by atoms with van der Waals surface area (Å²) in [7, 11) is -4.22. The SMILES string of the molecule is Cc1c(C(=O)NC(C)C)nn(-c2ccc(F)cc2)c1Oc1ccc([N+](=O)[O-])cc1S(=O)(=O)NCC(C)C. The van der Waals surface area contributed by atoms with Crippen LogP contribution in [0.25, 0.3) is 5.69 Å². The molecule has 13 heteroatoms. The second-order valence-electron chi connectivity index (χ2n) is 9.03. The molecule has 0 unspecified atom stereocenters. The predicted octanol–water partition coefficient (Wildman–Crippen LogP) is 4.09. The zero-order chi connectivity index (χ0) is 27.5. The number of non-ortho nitro benzene ring substituents is 1. The van der Waals surface area contributed by atoms with E-state index in [1.165, 1.54) is 28.9 Å². The number of sulfonamides is 1. The van der Waals surface area contributed by atoms with Crippen molar-refractivity contribution < 1.29 is 27.3 Å². The third kappa shape index (κ3) is 6.49. The zero-order valence-corrected chi connectivity index (χ0v) is 21.8. The molecule has 0 saturated heterocycles. The average molecular weight is 534 g/mol. The molecule has 0 aliphatic heterocycles. The largest absolute Gasteiger partial charge is 0.437 e. The smallest absolute Gasteiger partial charge is 0.272 e. The van der Waals surface area contributed by atoms with Crippen LogP contribution in [0, 0.1) is 28.8 Å². The van der Waals surface area contributed by atoms with Crippen LogP contribution in [0.1, 0.15) is 43.7 Å². The molecule has 3 rings (SSSR count). The molecule has 3 aromatic rings. The van der Waals surface area contributed by atoms with E-state index in [1.807, 2.05) is 13.8 Å². The fourth-order valence-electron chi connectivity index (χ4n) is 3.27. The molecule has 0 aliphatic rings. The van der Waals surface area contributed by atoms with E-state index in [1.54, 1.807) is 20.8 Å². The van der Waals surface area contributed by atoms with Crippen molar-refractivity contribution in [3.8, 4) is 17.3 Å². The van der Waals surface area contributed by atoms with Gasteiger partial charge in [0.2, 0.25) is 15.9 Å². The molecule has 0 aliphatic carbocycles. The van der Waals surface area contributed by atoms with Gasteiger partial charge in [0.1, 0.15) is 16.5 Å².